The van der Waals surface area contributed by atoms with Gasteiger partial charge in [0.1, 0.15) is 12.4 Å². The molecule has 0 aromatic heterocycles. The van der Waals surface area contributed by atoms with Crippen molar-refractivity contribution >= 4 is 17.8 Å². The summed E-state index contributed by atoms with van der Waals surface area (Å²) in [5.74, 6) is -1.25. The molecule has 8 heteroatoms. The van der Waals surface area contributed by atoms with Crippen LogP contribution in [0.1, 0.15) is 44.7 Å². The molecule has 5 rings (SSSR count). The van der Waals surface area contributed by atoms with Crippen molar-refractivity contribution in [3.63, 3.8) is 0 Å². The Morgan fingerprint density at radius 3 is 2.27 bits per heavy atom. The number of piperidine rings is 1. The van der Waals surface area contributed by atoms with E-state index in [2.05, 4.69) is 5.32 Å². The number of hydrogen-bond donors (Lipinski definition) is 1. The number of carbonyl (C=O) groups excluding carboxylic acids is 3. The van der Waals surface area contributed by atoms with E-state index in [1.165, 1.54) is 6.07 Å². The zero-order valence-corrected chi connectivity index (χ0v) is 20.4. The fourth-order valence-electron chi connectivity index (χ4n) is 5.05. The van der Waals surface area contributed by atoms with Crippen molar-refractivity contribution in [2.45, 2.75) is 31.7 Å². The minimum Gasteiger partial charge on any atom is -0.457 e. The van der Waals surface area contributed by atoms with E-state index >= 15 is 0 Å². The molecule has 37 heavy (non-hydrogen) atoms. The fraction of sp³-hybridized carbons (Fsp3) is 0.276. The SMILES string of the molecule is O=C(OCc1ccccc1)c1ccccc1C(=O)N1CCC2(CC1)NCC(=O)N2Cc1ccccc1F. The van der Waals surface area contributed by atoms with Crippen LogP contribution in [-0.4, -0.2) is 52.9 Å². The third-order valence-electron chi connectivity index (χ3n) is 7.14. The summed E-state index contributed by atoms with van der Waals surface area (Å²) in [6, 6.07) is 22.5. The highest BCUT2D eigenvalue weighted by Gasteiger charge is 2.47. The zero-order chi connectivity index (χ0) is 25.8. The third kappa shape index (κ3) is 5.11. The molecule has 2 aliphatic rings. The lowest BCUT2D eigenvalue weighted by atomic mass is 9.94. The minimum atomic E-state index is -0.635. The van der Waals surface area contributed by atoms with Gasteiger partial charge in [0, 0.05) is 31.5 Å². The second kappa shape index (κ2) is 10.5. The summed E-state index contributed by atoms with van der Waals surface area (Å²) in [5.41, 5.74) is 1.19. The van der Waals surface area contributed by atoms with E-state index in [-0.39, 0.29) is 48.5 Å². The summed E-state index contributed by atoms with van der Waals surface area (Å²) in [4.78, 5) is 42.4. The van der Waals surface area contributed by atoms with Gasteiger partial charge in [0.05, 0.1) is 29.9 Å². The molecular weight excluding hydrogens is 473 g/mol. The average Bonchev–Trinajstić information content (AvgIpc) is 3.23. The van der Waals surface area contributed by atoms with Crippen molar-refractivity contribution in [3.05, 3.63) is 107 Å². The maximum absolute atomic E-state index is 14.3. The van der Waals surface area contributed by atoms with Gasteiger partial charge < -0.3 is 14.5 Å². The zero-order valence-electron chi connectivity index (χ0n) is 20.4. The van der Waals surface area contributed by atoms with Gasteiger partial charge in [-0.25, -0.2) is 9.18 Å². The number of rotatable bonds is 6. The maximum Gasteiger partial charge on any atom is 0.339 e. The average molecular weight is 502 g/mol. The number of nitrogens with one attached hydrogen (secondary N) is 1. The molecule has 0 unspecified atom stereocenters. The molecule has 0 saturated carbocycles. The Labute approximate surface area is 214 Å². The van der Waals surface area contributed by atoms with Gasteiger partial charge in [-0.3, -0.25) is 14.9 Å². The molecule has 3 aromatic rings. The van der Waals surface area contributed by atoms with Crippen LogP contribution >= 0.6 is 0 Å². The predicted molar refractivity (Wildman–Crippen MR) is 135 cm³/mol. The van der Waals surface area contributed by atoms with Crippen LogP contribution in [0.4, 0.5) is 4.39 Å². The van der Waals surface area contributed by atoms with Crippen molar-refractivity contribution in [2.75, 3.05) is 19.6 Å². The highest BCUT2D eigenvalue weighted by Crippen LogP contribution is 2.33. The predicted octanol–water partition coefficient (Wildman–Crippen LogP) is 3.75. The quantitative estimate of drug-likeness (QED) is 0.521. The summed E-state index contributed by atoms with van der Waals surface area (Å²) in [6.07, 6.45) is 0.999. The molecule has 0 aliphatic carbocycles. The first-order chi connectivity index (χ1) is 18.0. The van der Waals surface area contributed by atoms with Gasteiger partial charge in [-0.05, 0) is 23.8 Å². The van der Waals surface area contributed by atoms with Crippen LogP contribution in [0, 0.1) is 5.82 Å². The van der Waals surface area contributed by atoms with Gasteiger partial charge >= 0.3 is 5.97 Å². The number of amides is 2. The van der Waals surface area contributed by atoms with Crippen molar-refractivity contribution < 1.29 is 23.5 Å². The molecule has 2 fully saturated rings. The van der Waals surface area contributed by atoms with Crippen LogP contribution in [0.15, 0.2) is 78.9 Å². The Morgan fingerprint density at radius 1 is 0.892 bits per heavy atom. The second-order valence-corrected chi connectivity index (χ2v) is 9.36. The second-order valence-electron chi connectivity index (χ2n) is 9.36. The number of carbonyl (C=O) groups is 3. The van der Waals surface area contributed by atoms with Crippen molar-refractivity contribution in [1.82, 2.24) is 15.1 Å². The Kier molecular flexibility index (Phi) is 7.01. The summed E-state index contributed by atoms with van der Waals surface area (Å²) >= 11 is 0. The lowest BCUT2D eigenvalue weighted by molar-refractivity contribution is -0.132. The van der Waals surface area contributed by atoms with Gasteiger partial charge in [-0.1, -0.05) is 60.7 Å². The molecule has 2 heterocycles. The summed E-state index contributed by atoms with van der Waals surface area (Å²) in [5, 5.41) is 3.31. The van der Waals surface area contributed by atoms with E-state index in [1.807, 2.05) is 30.3 Å². The molecule has 0 atom stereocenters. The fourth-order valence-corrected chi connectivity index (χ4v) is 5.05. The van der Waals surface area contributed by atoms with Gasteiger partial charge in [0.25, 0.3) is 5.91 Å². The Balaban J connectivity index is 1.26. The van der Waals surface area contributed by atoms with Crippen LogP contribution in [0.5, 0.6) is 0 Å². The van der Waals surface area contributed by atoms with Crippen LogP contribution in [0.3, 0.4) is 0 Å². The monoisotopic (exact) mass is 501 g/mol. The molecule has 2 saturated heterocycles. The molecule has 1 spiro atoms. The first kappa shape index (κ1) is 24.6. The summed E-state index contributed by atoms with van der Waals surface area (Å²) in [6.45, 7) is 1.24. The van der Waals surface area contributed by atoms with Crippen molar-refractivity contribution in [1.29, 1.82) is 0 Å². The van der Waals surface area contributed by atoms with E-state index in [1.54, 1.807) is 52.3 Å². The third-order valence-corrected chi connectivity index (χ3v) is 7.14. The summed E-state index contributed by atoms with van der Waals surface area (Å²) in [7, 11) is 0. The highest BCUT2D eigenvalue weighted by molar-refractivity contribution is 6.05. The minimum absolute atomic E-state index is 0.0884. The lowest BCUT2D eigenvalue weighted by Gasteiger charge is -2.44. The molecule has 2 amide bonds. The Bertz CT molecular complexity index is 1310. The first-order valence-electron chi connectivity index (χ1n) is 12.4. The van der Waals surface area contributed by atoms with Crippen molar-refractivity contribution in [3.8, 4) is 0 Å². The topological polar surface area (TPSA) is 79.0 Å². The number of likely N-dealkylation sites (tertiary alicyclic amines) is 1. The van der Waals surface area contributed by atoms with Gasteiger partial charge in [-0.15, -0.1) is 0 Å². The van der Waals surface area contributed by atoms with E-state index in [0.717, 1.165) is 5.56 Å². The molecule has 3 aromatic carbocycles. The number of benzene rings is 3. The number of halogens is 1. The highest BCUT2D eigenvalue weighted by atomic mass is 19.1. The molecule has 7 nitrogen and oxygen atoms in total. The maximum atomic E-state index is 14.3. The van der Waals surface area contributed by atoms with E-state index < -0.39 is 11.6 Å². The number of ether oxygens (including phenoxy) is 1. The van der Waals surface area contributed by atoms with Gasteiger partial charge in [0.15, 0.2) is 0 Å². The molecular formula is C29H28FN3O4. The van der Waals surface area contributed by atoms with E-state index in [4.69, 9.17) is 4.74 Å². The Morgan fingerprint density at radius 2 is 1.54 bits per heavy atom. The molecule has 0 bridgehead atoms. The first-order valence-corrected chi connectivity index (χ1v) is 12.4. The van der Waals surface area contributed by atoms with Gasteiger partial charge in [-0.2, -0.15) is 0 Å². The Hall–Kier alpha value is -4.04. The van der Waals surface area contributed by atoms with E-state index in [0.29, 0.717) is 31.5 Å². The van der Waals surface area contributed by atoms with E-state index in [9.17, 15) is 18.8 Å². The smallest absolute Gasteiger partial charge is 0.339 e. The number of esters is 1. The lowest BCUT2D eigenvalue weighted by Crippen LogP contribution is -2.59. The van der Waals surface area contributed by atoms with Crippen LogP contribution in [0.2, 0.25) is 0 Å². The van der Waals surface area contributed by atoms with Crippen molar-refractivity contribution in [2.24, 2.45) is 0 Å². The molecule has 2 aliphatic heterocycles. The molecule has 1 N–H and O–H groups in total. The van der Waals surface area contributed by atoms with Gasteiger partial charge in [0.2, 0.25) is 5.91 Å². The largest absolute Gasteiger partial charge is 0.457 e. The normalized spacial score (nSPS) is 16.7. The van der Waals surface area contributed by atoms with Crippen LogP contribution < -0.4 is 5.32 Å². The van der Waals surface area contributed by atoms with Crippen LogP contribution in [-0.2, 0) is 22.7 Å². The molecule has 190 valence electrons. The standard InChI is InChI=1S/C29H28FN3O4/c30-25-13-7-4-10-22(25)19-33-26(34)18-31-29(33)14-16-32(17-15-29)27(35)23-11-5-6-12-24(23)28(36)37-20-21-8-2-1-3-9-21/h1-13,31H,14-20H2. The molecule has 0 radical (unpaired) electrons. The van der Waals surface area contributed by atoms with Crippen LogP contribution in [0.25, 0.3) is 0 Å². The number of hydrogen-bond acceptors (Lipinski definition) is 5. The number of nitrogens with zero attached hydrogens (tertiary/aromatic N) is 2. The summed E-state index contributed by atoms with van der Waals surface area (Å²) < 4.78 is 19.8.